The normalized spacial score (nSPS) is 12.0. The summed E-state index contributed by atoms with van der Waals surface area (Å²) in [5, 5.41) is 5.81. The van der Waals surface area contributed by atoms with Gasteiger partial charge in [-0.3, -0.25) is 9.59 Å². The summed E-state index contributed by atoms with van der Waals surface area (Å²) >= 11 is 6.34. The lowest BCUT2D eigenvalue weighted by molar-refractivity contribution is -0.138. The first-order chi connectivity index (χ1) is 15.9. The monoisotopic (exact) mass is 487 g/mol. The van der Waals surface area contributed by atoms with E-state index in [1.54, 1.807) is 39.8 Å². The second kappa shape index (κ2) is 11.4. The van der Waals surface area contributed by atoms with Crippen LogP contribution in [0, 0.1) is 20.8 Å². The highest BCUT2D eigenvalue weighted by molar-refractivity contribution is 6.34. The third kappa shape index (κ3) is 6.97. The van der Waals surface area contributed by atoms with E-state index >= 15 is 0 Å². The van der Waals surface area contributed by atoms with Gasteiger partial charge in [-0.15, -0.1) is 0 Å². The van der Waals surface area contributed by atoms with Crippen LogP contribution in [-0.2, 0) is 14.3 Å². The molecule has 2 rings (SSSR count). The summed E-state index contributed by atoms with van der Waals surface area (Å²) in [7, 11) is 0. The average Bonchev–Trinajstić information content (AvgIpc) is 2.74. The van der Waals surface area contributed by atoms with Crippen LogP contribution in [0.2, 0.25) is 5.02 Å². The number of halogens is 1. The number of nitrogens with zero attached hydrogens (tertiary/aromatic N) is 1. The van der Waals surface area contributed by atoms with Crippen molar-refractivity contribution in [1.82, 2.24) is 10.2 Å². The van der Waals surface area contributed by atoms with Crippen molar-refractivity contribution in [3.8, 4) is 0 Å². The number of alkyl carbamates (subject to hydrolysis) is 1. The second-order valence-corrected chi connectivity index (χ2v) is 9.56. The van der Waals surface area contributed by atoms with E-state index in [1.807, 2.05) is 45.0 Å². The molecule has 0 aliphatic heterocycles. The van der Waals surface area contributed by atoms with Crippen LogP contribution < -0.4 is 10.6 Å². The molecule has 0 radical (unpaired) electrons. The number of aryl methyl sites for hydroxylation is 2. The van der Waals surface area contributed by atoms with Crippen molar-refractivity contribution in [2.75, 3.05) is 18.4 Å². The maximum atomic E-state index is 13.6. The standard InChI is InChI=1S/C26H34ClN3O4/c1-8-30(21(31)15-28-25(33)34-26(5,6)7)23(19-13-9-11-16(2)18(19)4)24(32)29-22-17(3)12-10-14-20(22)27/h9-14,23H,8,15H2,1-7H3,(H,28,33)(H,29,32). The summed E-state index contributed by atoms with van der Waals surface area (Å²) in [6.07, 6.45) is -0.698. The van der Waals surface area contributed by atoms with Gasteiger partial charge in [0.15, 0.2) is 0 Å². The number of carbonyl (C=O) groups excluding carboxylic acids is 3. The van der Waals surface area contributed by atoms with Crippen molar-refractivity contribution < 1.29 is 19.1 Å². The number of amides is 3. The molecule has 3 amide bonds. The highest BCUT2D eigenvalue weighted by atomic mass is 35.5. The molecule has 0 heterocycles. The minimum atomic E-state index is -0.923. The summed E-state index contributed by atoms with van der Waals surface area (Å²) in [5.74, 6) is -0.803. The Morgan fingerprint density at radius 2 is 1.65 bits per heavy atom. The zero-order chi connectivity index (χ0) is 25.6. The number of carbonyl (C=O) groups is 3. The molecule has 2 aromatic carbocycles. The second-order valence-electron chi connectivity index (χ2n) is 9.15. The van der Waals surface area contributed by atoms with Crippen LogP contribution in [0.3, 0.4) is 0 Å². The first-order valence-electron chi connectivity index (χ1n) is 11.2. The summed E-state index contributed by atoms with van der Waals surface area (Å²) in [4.78, 5) is 40.3. The molecular formula is C26H34ClN3O4. The fourth-order valence-corrected chi connectivity index (χ4v) is 3.84. The molecular weight excluding hydrogens is 454 g/mol. The van der Waals surface area contributed by atoms with Gasteiger partial charge in [0.25, 0.3) is 5.91 Å². The van der Waals surface area contributed by atoms with Gasteiger partial charge in [0, 0.05) is 6.54 Å². The molecule has 0 bridgehead atoms. The third-order valence-electron chi connectivity index (χ3n) is 5.42. The van der Waals surface area contributed by atoms with Gasteiger partial charge in [-0.1, -0.05) is 41.9 Å². The van der Waals surface area contributed by atoms with Crippen molar-refractivity contribution in [3.05, 3.63) is 63.7 Å². The van der Waals surface area contributed by atoms with E-state index in [0.29, 0.717) is 16.3 Å². The summed E-state index contributed by atoms with van der Waals surface area (Å²) in [6, 6.07) is 10.1. The largest absolute Gasteiger partial charge is 0.444 e. The van der Waals surface area contributed by atoms with Crippen molar-refractivity contribution >= 4 is 35.2 Å². The maximum Gasteiger partial charge on any atom is 0.408 e. The van der Waals surface area contributed by atoms with E-state index in [4.69, 9.17) is 16.3 Å². The molecule has 0 saturated carbocycles. The fourth-order valence-electron chi connectivity index (χ4n) is 3.57. The number of nitrogens with one attached hydrogen (secondary N) is 2. The molecule has 184 valence electrons. The van der Waals surface area contributed by atoms with Crippen molar-refractivity contribution in [2.45, 2.75) is 60.1 Å². The Kier molecular flexibility index (Phi) is 9.10. The number of ether oxygens (including phenoxy) is 1. The molecule has 1 atom stereocenters. The van der Waals surface area contributed by atoms with Gasteiger partial charge in [-0.2, -0.15) is 0 Å². The van der Waals surface area contributed by atoms with Gasteiger partial charge in [0.1, 0.15) is 18.2 Å². The van der Waals surface area contributed by atoms with Crippen molar-refractivity contribution in [1.29, 1.82) is 0 Å². The molecule has 34 heavy (non-hydrogen) atoms. The Bertz CT molecular complexity index is 1040. The van der Waals surface area contributed by atoms with Gasteiger partial charge < -0.3 is 20.3 Å². The Morgan fingerprint density at radius 3 is 2.24 bits per heavy atom. The predicted molar refractivity (Wildman–Crippen MR) is 135 cm³/mol. The highest BCUT2D eigenvalue weighted by Crippen LogP contribution is 2.30. The zero-order valence-corrected chi connectivity index (χ0v) is 21.7. The number of para-hydroxylation sites is 1. The van der Waals surface area contributed by atoms with E-state index in [0.717, 1.165) is 16.7 Å². The number of anilines is 1. The molecule has 2 N–H and O–H groups in total. The minimum absolute atomic E-state index is 0.252. The first-order valence-corrected chi connectivity index (χ1v) is 11.6. The number of likely N-dealkylation sites (N-methyl/N-ethyl adjacent to an activating group) is 1. The fraction of sp³-hybridized carbons (Fsp3) is 0.423. The van der Waals surface area contributed by atoms with Gasteiger partial charge in [-0.05, 0) is 76.8 Å². The Hall–Kier alpha value is -3.06. The lowest BCUT2D eigenvalue weighted by atomic mass is 9.95. The van der Waals surface area contributed by atoms with Crippen LogP contribution in [0.25, 0.3) is 0 Å². The number of rotatable bonds is 7. The SMILES string of the molecule is CCN(C(=O)CNC(=O)OC(C)(C)C)C(C(=O)Nc1c(C)cccc1Cl)c1cccc(C)c1C. The van der Waals surface area contributed by atoms with Crippen LogP contribution >= 0.6 is 11.6 Å². The molecule has 0 saturated heterocycles. The number of hydrogen-bond donors (Lipinski definition) is 2. The Balaban J connectivity index is 2.39. The molecule has 0 aromatic heterocycles. The summed E-state index contributed by atoms with van der Waals surface area (Å²) in [6.45, 7) is 12.7. The van der Waals surface area contributed by atoms with Crippen LogP contribution in [0.4, 0.5) is 10.5 Å². The van der Waals surface area contributed by atoms with E-state index < -0.39 is 29.6 Å². The van der Waals surface area contributed by atoms with Crippen molar-refractivity contribution in [2.24, 2.45) is 0 Å². The molecule has 0 spiro atoms. The Labute approximate surface area is 206 Å². The van der Waals surface area contributed by atoms with Crippen LogP contribution in [0.15, 0.2) is 36.4 Å². The third-order valence-corrected chi connectivity index (χ3v) is 5.73. The molecule has 8 heteroatoms. The molecule has 2 aromatic rings. The molecule has 0 fully saturated rings. The lowest BCUT2D eigenvalue weighted by Gasteiger charge is -2.32. The zero-order valence-electron chi connectivity index (χ0n) is 20.9. The van der Waals surface area contributed by atoms with Crippen molar-refractivity contribution in [3.63, 3.8) is 0 Å². The van der Waals surface area contributed by atoms with Gasteiger partial charge in [0.2, 0.25) is 5.91 Å². The molecule has 0 aliphatic rings. The molecule has 1 unspecified atom stereocenters. The van der Waals surface area contributed by atoms with E-state index in [-0.39, 0.29) is 13.1 Å². The average molecular weight is 488 g/mol. The molecule has 0 aliphatic carbocycles. The van der Waals surface area contributed by atoms with E-state index in [1.165, 1.54) is 4.90 Å². The number of hydrogen-bond acceptors (Lipinski definition) is 4. The van der Waals surface area contributed by atoms with Gasteiger partial charge in [-0.25, -0.2) is 4.79 Å². The smallest absolute Gasteiger partial charge is 0.408 e. The first kappa shape index (κ1) is 27.2. The number of benzene rings is 2. The van der Waals surface area contributed by atoms with Crippen LogP contribution in [-0.4, -0.2) is 41.5 Å². The highest BCUT2D eigenvalue weighted by Gasteiger charge is 2.32. The van der Waals surface area contributed by atoms with E-state index in [2.05, 4.69) is 10.6 Å². The lowest BCUT2D eigenvalue weighted by Crippen LogP contribution is -2.46. The van der Waals surface area contributed by atoms with E-state index in [9.17, 15) is 14.4 Å². The van der Waals surface area contributed by atoms with Gasteiger partial charge >= 0.3 is 6.09 Å². The van der Waals surface area contributed by atoms with Gasteiger partial charge in [0.05, 0.1) is 10.7 Å². The quantitative estimate of drug-likeness (QED) is 0.553. The minimum Gasteiger partial charge on any atom is -0.444 e. The Morgan fingerprint density at radius 1 is 1.03 bits per heavy atom. The maximum absolute atomic E-state index is 13.6. The summed E-state index contributed by atoms with van der Waals surface area (Å²) < 4.78 is 5.22. The molecule has 7 nitrogen and oxygen atoms in total. The topological polar surface area (TPSA) is 87.7 Å². The summed E-state index contributed by atoms with van der Waals surface area (Å²) in [5.41, 5.74) is 3.23. The predicted octanol–water partition coefficient (Wildman–Crippen LogP) is 5.32. The van der Waals surface area contributed by atoms with Crippen LogP contribution in [0.5, 0.6) is 0 Å². The van der Waals surface area contributed by atoms with Crippen LogP contribution in [0.1, 0.15) is 56.0 Å².